The summed E-state index contributed by atoms with van der Waals surface area (Å²) in [5.74, 6) is 1.10. The van der Waals surface area contributed by atoms with Crippen LogP contribution in [0.3, 0.4) is 0 Å². The van der Waals surface area contributed by atoms with E-state index in [0.29, 0.717) is 0 Å². The second-order valence-electron chi connectivity index (χ2n) is 7.55. The Morgan fingerprint density at radius 3 is 2.57 bits per heavy atom. The van der Waals surface area contributed by atoms with Crippen LogP contribution in [0, 0.1) is 13.8 Å². The molecule has 1 atom stereocenters. The van der Waals surface area contributed by atoms with Gasteiger partial charge in [-0.1, -0.05) is 39.5 Å². The number of carbonyl (C=O) groups is 1. The minimum absolute atomic E-state index is 0.120. The summed E-state index contributed by atoms with van der Waals surface area (Å²) in [6, 6.07) is 10.1. The molecule has 1 fully saturated rings. The van der Waals surface area contributed by atoms with Gasteiger partial charge in [-0.15, -0.1) is 5.10 Å². The van der Waals surface area contributed by atoms with Gasteiger partial charge >= 0.3 is 0 Å². The van der Waals surface area contributed by atoms with Crippen molar-refractivity contribution in [3.05, 3.63) is 52.8 Å². The second kappa shape index (κ2) is 7.83. The molecule has 6 nitrogen and oxygen atoms in total. The molecular formula is C21H24N4O2S. The van der Waals surface area contributed by atoms with E-state index in [1.165, 1.54) is 17.1 Å². The Hall–Kier alpha value is -2.54. The van der Waals surface area contributed by atoms with Crippen molar-refractivity contribution in [2.75, 3.05) is 13.1 Å². The summed E-state index contributed by atoms with van der Waals surface area (Å²) in [6.07, 6.45) is 1.77. The fourth-order valence-corrected chi connectivity index (χ4v) is 4.45. The molecular weight excluding hydrogens is 372 g/mol. The summed E-state index contributed by atoms with van der Waals surface area (Å²) in [7, 11) is 0. The molecule has 0 N–H and O–H groups in total. The van der Waals surface area contributed by atoms with E-state index < -0.39 is 0 Å². The first kappa shape index (κ1) is 18.8. The zero-order valence-electron chi connectivity index (χ0n) is 16.4. The molecule has 0 bridgehead atoms. The smallest absolute Gasteiger partial charge is 0.229 e. The van der Waals surface area contributed by atoms with Gasteiger partial charge in [0.2, 0.25) is 5.91 Å². The predicted octanol–water partition coefficient (Wildman–Crippen LogP) is 4.32. The topological polar surface area (TPSA) is 72.1 Å². The van der Waals surface area contributed by atoms with Crippen molar-refractivity contribution in [2.45, 2.75) is 45.4 Å². The van der Waals surface area contributed by atoms with Crippen LogP contribution in [0.1, 0.15) is 54.1 Å². The van der Waals surface area contributed by atoms with Crippen LogP contribution >= 0.6 is 11.5 Å². The highest BCUT2D eigenvalue weighted by atomic mass is 32.1. The Bertz CT molecular complexity index is 955. The van der Waals surface area contributed by atoms with E-state index in [4.69, 9.17) is 4.52 Å². The summed E-state index contributed by atoms with van der Waals surface area (Å²) in [4.78, 5) is 15.9. The summed E-state index contributed by atoms with van der Waals surface area (Å²) in [5, 5.41) is 8.33. The van der Waals surface area contributed by atoms with Gasteiger partial charge in [0.25, 0.3) is 0 Å². The Labute approximate surface area is 168 Å². The molecule has 1 unspecified atom stereocenters. The first-order valence-electron chi connectivity index (χ1n) is 9.64. The van der Waals surface area contributed by atoms with Crippen LogP contribution in [-0.4, -0.2) is 38.6 Å². The molecule has 28 heavy (non-hydrogen) atoms. The third kappa shape index (κ3) is 3.71. The monoisotopic (exact) mass is 396 g/mol. The minimum Gasteiger partial charge on any atom is -0.355 e. The Morgan fingerprint density at radius 2 is 1.93 bits per heavy atom. The van der Waals surface area contributed by atoms with Gasteiger partial charge in [0.1, 0.15) is 4.88 Å². The molecule has 0 radical (unpaired) electrons. The quantitative estimate of drug-likeness (QED) is 0.657. The maximum Gasteiger partial charge on any atom is 0.229 e. The molecule has 1 aromatic carbocycles. The van der Waals surface area contributed by atoms with Crippen LogP contribution in [0.2, 0.25) is 0 Å². The van der Waals surface area contributed by atoms with Gasteiger partial charge in [0, 0.05) is 25.1 Å². The van der Waals surface area contributed by atoms with Crippen LogP contribution < -0.4 is 0 Å². The van der Waals surface area contributed by atoms with Crippen molar-refractivity contribution in [2.24, 2.45) is 0 Å². The number of piperidine rings is 1. The van der Waals surface area contributed by atoms with E-state index in [1.54, 1.807) is 0 Å². The van der Waals surface area contributed by atoms with Gasteiger partial charge in [-0.25, -0.2) is 0 Å². The van der Waals surface area contributed by atoms with Crippen molar-refractivity contribution in [3.8, 4) is 10.6 Å². The van der Waals surface area contributed by atoms with Gasteiger partial charge in [-0.3, -0.25) is 4.79 Å². The SMILES string of the molecule is Cc1ccc(C(C)C(=O)N2CCC(c3nnsc3-c3cc(C)no3)CC2)cc1. The molecule has 0 saturated carbocycles. The number of nitrogens with zero attached hydrogens (tertiary/aromatic N) is 4. The maximum atomic E-state index is 12.9. The summed E-state index contributed by atoms with van der Waals surface area (Å²) in [6.45, 7) is 7.44. The lowest BCUT2D eigenvalue weighted by Gasteiger charge is -2.33. The summed E-state index contributed by atoms with van der Waals surface area (Å²) < 4.78 is 9.54. The molecule has 3 aromatic rings. The van der Waals surface area contributed by atoms with Gasteiger partial charge in [0.05, 0.1) is 17.3 Å². The highest BCUT2D eigenvalue weighted by Gasteiger charge is 2.30. The standard InChI is InChI=1S/C21H24N4O2S/c1-13-4-6-16(7-5-13)15(3)21(26)25-10-8-17(9-11-25)19-20(28-24-22-19)18-12-14(2)23-27-18/h4-7,12,15,17H,8-11H2,1-3H3. The number of carbonyl (C=O) groups excluding carboxylic acids is 1. The lowest BCUT2D eigenvalue weighted by Crippen LogP contribution is -2.40. The number of aromatic nitrogens is 3. The Balaban J connectivity index is 1.42. The molecule has 146 valence electrons. The lowest BCUT2D eigenvalue weighted by atomic mass is 9.91. The molecule has 0 aliphatic carbocycles. The number of rotatable bonds is 4. The zero-order chi connectivity index (χ0) is 19.7. The average Bonchev–Trinajstić information content (AvgIpc) is 3.36. The largest absolute Gasteiger partial charge is 0.355 e. The molecule has 1 saturated heterocycles. The van der Waals surface area contributed by atoms with E-state index in [1.807, 2.05) is 24.8 Å². The summed E-state index contributed by atoms with van der Waals surface area (Å²) in [5.41, 5.74) is 4.10. The highest BCUT2D eigenvalue weighted by molar-refractivity contribution is 7.09. The van der Waals surface area contributed by atoms with Gasteiger partial charge in [-0.05, 0) is 50.7 Å². The van der Waals surface area contributed by atoms with E-state index in [2.05, 4.69) is 45.9 Å². The van der Waals surface area contributed by atoms with Gasteiger partial charge in [0.15, 0.2) is 5.76 Å². The number of likely N-dealkylation sites (tertiary alicyclic amines) is 1. The molecule has 2 aromatic heterocycles. The van der Waals surface area contributed by atoms with Crippen molar-refractivity contribution in [3.63, 3.8) is 0 Å². The minimum atomic E-state index is -0.120. The van der Waals surface area contributed by atoms with E-state index in [-0.39, 0.29) is 17.7 Å². The molecule has 1 amide bonds. The molecule has 1 aliphatic heterocycles. The van der Waals surface area contributed by atoms with Gasteiger partial charge < -0.3 is 9.42 Å². The number of aryl methyl sites for hydroxylation is 2. The number of hydrogen-bond donors (Lipinski definition) is 0. The van der Waals surface area contributed by atoms with Crippen LogP contribution in [0.15, 0.2) is 34.9 Å². The third-order valence-corrected chi connectivity index (χ3v) is 6.26. The first-order valence-corrected chi connectivity index (χ1v) is 10.4. The Morgan fingerprint density at radius 1 is 1.21 bits per heavy atom. The summed E-state index contributed by atoms with van der Waals surface area (Å²) >= 11 is 1.34. The third-order valence-electron chi connectivity index (χ3n) is 5.51. The van der Waals surface area contributed by atoms with Crippen molar-refractivity contribution in [1.29, 1.82) is 0 Å². The van der Waals surface area contributed by atoms with Gasteiger partial charge in [-0.2, -0.15) is 0 Å². The molecule has 1 aliphatic rings. The fourth-order valence-electron chi connectivity index (χ4n) is 3.75. The van der Waals surface area contributed by atoms with E-state index in [9.17, 15) is 4.79 Å². The molecule has 0 spiro atoms. The number of amides is 1. The lowest BCUT2D eigenvalue weighted by molar-refractivity contribution is -0.133. The number of benzene rings is 1. The van der Waals surface area contributed by atoms with Crippen LogP contribution in [0.25, 0.3) is 10.6 Å². The van der Waals surface area contributed by atoms with Crippen LogP contribution in [0.4, 0.5) is 0 Å². The van der Waals surface area contributed by atoms with Crippen molar-refractivity contribution < 1.29 is 9.32 Å². The average molecular weight is 397 g/mol. The first-order chi connectivity index (χ1) is 13.5. The van der Waals surface area contributed by atoms with Crippen molar-refractivity contribution in [1.82, 2.24) is 19.6 Å². The van der Waals surface area contributed by atoms with Crippen molar-refractivity contribution >= 4 is 17.4 Å². The number of hydrogen-bond acceptors (Lipinski definition) is 6. The zero-order valence-corrected chi connectivity index (χ0v) is 17.2. The maximum absolute atomic E-state index is 12.9. The molecule has 3 heterocycles. The normalized spacial score (nSPS) is 16.3. The van der Waals surface area contributed by atoms with Crippen LogP contribution in [-0.2, 0) is 4.79 Å². The molecule has 7 heteroatoms. The second-order valence-corrected chi connectivity index (χ2v) is 8.31. The Kier molecular flexibility index (Phi) is 5.26. The predicted molar refractivity (Wildman–Crippen MR) is 108 cm³/mol. The molecule has 4 rings (SSSR count). The van der Waals surface area contributed by atoms with Crippen LogP contribution in [0.5, 0.6) is 0 Å². The van der Waals surface area contributed by atoms with E-state index >= 15 is 0 Å². The van der Waals surface area contributed by atoms with E-state index in [0.717, 1.165) is 53.5 Å². The highest BCUT2D eigenvalue weighted by Crippen LogP contribution is 2.36. The fraction of sp³-hybridized carbons (Fsp3) is 0.429.